The predicted octanol–water partition coefficient (Wildman–Crippen LogP) is 1.22. The van der Waals surface area contributed by atoms with Crippen molar-refractivity contribution in [2.45, 2.75) is 24.9 Å². The molecule has 0 spiro atoms. The Balaban J connectivity index is 1.62. The minimum absolute atomic E-state index is 0.233. The van der Waals surface area contributed by atoms with Gasteiger partial charge in [0.1, 0.15) is 24.4 Å². The highest BCUT2D eigenvalue weighted by Crippen LogP contribution is 2.32. The Kier molecular flexibility index (Phi) is 4.41. The van der Waals surface area contributed by atoms with Gasteiger partial charge in [-0.05, 0) is 24.3 Å². The Morgan fingerprint density at radius 3 is 2.77 bits per heavy atom. The Morgan fingerprint density at radius 1 is 1.27 bits per heavy atom. The molecule has 26 heavy (non-hydrogen) atoms. The van der Waals surface area contributed by atoms with Gasteiger partial charge in [-0.3, -0.25) is 4.57 Å². The minimum atomic E-state index is -0.721. The van der Waals surface area contributed by atoms with Gasteiger partial charge in [-0.1, -0.05) is 0 Å². The van der Waals surface area contributed by atoms with E-state index in [0.717, 1.165) is 11.4 Å². The van der Waals surface area contributed by atoms with E-state index in [1.807, 2.05) is 24.3 Å². The van der Waals surface area contributed by atoms with E-state index in [1.54, 1.807) is 18.0 Å². The van der Waals surface area contributed by atoms with E-state index < -0.39 is 18.4 Å². The van der Waals surface area contributed by atoms with Crippen molar-refractivity contribution in [2.75, 3.05) is 19.0 Å². The van der Waals surface area contributed by atoms with Gasteiger partial charge in [0, 0.05) is 12.1 Å². The molecule has 3 heterocycles. The monoisotopic (exact) mass is 357 g/mol. The number of ether oxygens (including phenoxy) is 2. The largest absolute Gasteiger partial charge is 0.497 e. The number of imidazole rings is 1. The first-order valence-corrected chi connectivity index (χ1v) is 8.22. The molecular weight excluding hydrogens is 338 g/mol. The van der Waals surface area contributed by atoms with E-state index in [1.165, 1.54) is 6.33 Å². The molecule has 3 N–H and O–H groups in total. The van der Waals surface area contributed by atoms with Crippen molar-refractivity contribution < 1.29 is 19.7 Å². The number of hydrogen-bond acceptors (Lipinski definition) is 8. The second kappa shape index (κ2) is 6.87. The topological polar surface area (TPSA) is 115 Å². The van der Waals surface area contributed by atoms with Crippen LogP contribution in [0.2, 0.25) is 0 Å². The average Bonchev–Trinajstić information content (AvgIpc) is 3.26. The number of nitrogens with one attached hydrogen (secondary N) is 1. The molecule has 2 aromatic heterocycles. The second-order valence-corrected chi connectivity index (χ2v) is 6.01. The fraction of sp³-hybridized carbons (Fsp3) is 0.353. The molecule has 9 heteroatoms. The zero-order valence-electron chi connectivity index (χ0n) is 14.1. The fourth-order valence-electron chi connectivity index (χ4n) is 3.02. The van der Waals surface area contributed by atoms with Crippen molar-refractivity contribution in [3.05, 3.63) is 36.9 Å². The van der Waals surface area contributed by atoms with Gasteiger partial charge in [-0.2, -0.15) is 0 Å². The third kappa shape index (κ3) is 2.96. The van der Waals surface area contributed by atoms with Gasteiger partial charge >= 0.3 is 0 Å². The number of fused-ring (bicyclic) bond motifs is 1. The highest BCUT2D eigenvalue weighted by molar-refractivity contribution is 5.85. The summed E-state index contributed by atoms with van der Waals surface area (Å²) in [7, 11) is 1.62. The van der Waals surface area contributed by atoms with Gasteiger partial charge in [-0.15, -0.1) is 0 Å². The van der Waals surface area contributed by atoms with Crippen LogP contribution in [-0.2, 0) is 4.74 Å². The van der Waals surface area contributed by atoms with Crippen LogP contribution in [0.4, 0.5) is 11.5 Å². The Bertz CT molecular complexity index is 898. The molecular formula is C17H19N5O4. The van der Waals surface area contributed by atoms with Gasteiger partial charge in [0.05, 0.1) is 26.1 Å². The summed E-state index contributed by atoms with van der Waals surface area (Å²) < 4.78 is 12.6. The van der Waals surface area contributed by atoms with Crippen LogP contribution >= 0.6 is 0 Å². The molecule has 136 valence electrons. The molecule has 3 atom stereocenters. The molecule has 0 radical (unpaired) electrons. The van der Waals surface area contributed by atoms with Gasteiger partial charge in [0.25, 0.3) is 0 Å². The molecule has 1 aromatic carbocycles. The average molecular weight is 357 g/mol. The first-order chi connectivity index (χ1) is 12.7. The molecule has 9 nitrogen and oxygen atoms in total. The highest BCUT2D eigenvalue weighted by atomic mass is 16.5. The van der Waals surface area contributed by atoms with Crippen molar-refractivity contribution in [1.82, 2.24) is 19.5 Å². The maximum atomic E-state index is 9.95. The molecule has 0 amide bonds. The summed E-state index contributed by atoms with van der Waals surface area (Å²) in [6.45, 7) is -0.233. The number of aromatic nitrogens is 4. The van der Waals surface area contributed by atoms with E-state index in [-0.39, 0.29) is 6.61 Å². The Labute approximate surface area is 149 Å². The van der Waals surface area contributed by atoms with Crippen LogP contribution < -0.4 is 10.1 Å². The third-order valence-corrected chi connectivity index (χ3v) is 4.41. The van der Waals surface area contributed by atoms with Gasteiger partial charge in [-0.25, -0.2) is 15.0 Å². The lowest BCUT2D eigenvalue weighted by Crippen LogP contribution is -2.24. The number of nitrogens with zero attached hydrogens (tertiary/aromatic N) is 4. The Morgan fingerprint density at radius 2 is 2.08 bits per heavy atom. The number of aliphatic hydroxyl groups excluding tert-OH is 2. The molecule has 3 aromatic rings. The van der Waals surface area contributed by atoms with Crippen LogP contribution in [0, 0.1) is 0 Å². The summed E-state index contributed by atoms with van der Waals surface area (Å²) in [5, 5.41) is 22.4. The second-order valence-electron chi connectivity index (χ2n) is 6.01. The van der Waals surface area contributed by atoms with Crippen LogP contribution in [0.25, 0.3) is 11.2 Å². The first kappa shape index (κ1) is 16.7. The van der Waals surface area contributed by atoms with E-state index in [2.05, 4.69) is 20.3 Å². The lowest BCUT2D eigenvalue weighted by Gasteiger charge is -2.13. The number of rotatable bonds is 5. The summed E-state index contributed by atoms with van der Waals surface area (Å²) in [5.74, 6) is 1.33. The summed E-state index contributed by atoms with van der Waals surface area (Å²) in [5.41, 5.74) is 2.02. The van der Waals surface area contributed by atoms with Crippen LogP contribution in [0.3, 0.4) is 0 Å². The van der Waals surface area contributed by atoms with E-state index in [4.69, 9.17) is 9.47 Å². The van der Waals surface area contributed by atoms with Crippen LogP contribution in [-0.4, -0.2) is 55.7 Å². The van der Waals surface area contributed by atoms with Gasteiger partial charge in [0.15, 0.2) is 17.0 Å². The van der Waals surface area contributed by atoms with E-state index in [9.17, 15) is 10.2 Å². The maximum absolute atomic E-state index is 9.95. The van der Waals surface area contributed by atoms with Crippen LogP contribution in [0.1, 0.15) is 12.6 Å². The molecule has 0 saturated carbocycles. The van der Waals surface area contributed by atoms with Crippen molar-refractivity contribution in [3.8, 4) is 5.75 Å². The van der Waals surface area contributed by atoms with Crippen molar-refractivity contribution in [3.63, 3.8) is 0 Å². The van der Waals surface area contributed by atoms with Gasteiger partial charge in [0.2, 0.25) is 0 Å². The number of benzene rings is 1. The molecule has 0 bridgehead atoms. The smallest absolute Gasteiger partial charge is 0.167 e. The number of hydrogen-bond donors (Lipinski definition) is 3. The van der Waals surface area contributed by atoms with Crippen molar-refractivity contribution in [1.29, 1.82) is 0 Å². The Hall–Kier alpha value is -2.75. The number of methoxy groups -OCH3 is 1. The highest BCUT2D eigenvalue weighted by Gasteiger charge is 2.35. The zero-order chi connectivity index (χ0) is 18.1. The van der Waals surface area contributed by atoms with Crippen molar-refractivity contribution in [2.24, 2.45) is 0 Å². The van der Waals surface area contributed by atoms with E-state index in [0.29, 0.717) is 23.4 Å². The first-order valence-electron chi connectivity index (χ1n) is 8.22. The summed E-state index contributed by atoms with van der Waals surface area (Å²) >= 11 is 0. The van der Waals surface area contributed by atoms with Crippen LogP contribution in [0.5, 0.6) is 5.75 Å². The van der Waals surface area contributed by atoms with Gasteiger partial charge < -0.3 is 25.0 Å². The fourth-order valence-corrected chi connectivity index (χ4v) is 3.02. The normalized spacial score (nSPS) is 22.7. The summed E-state index contributed by atoms with van der Waals surface area (Å²) in [6, 6.07) is 7.46. The summed E-state index contributed by atoms with van der Waals surface area (Å²) in [4.78, 5) is 13.0. The molecule has 1 saturated heterocycles. The standard InChI is InChI=1S/C17H19N5O4/c1-25-11-4-2-10(3-5-11)21-16-15-17(19-8-18-16)22(9-20-15)14-6-12(24)13(7-23)26-14/h2-5,8-9,12-14,23-24H,6-7H2,1H3,(H,18,19,21)/t12-,13+,14+/m0/s1. The predicted molar refractivity (Wildman–Crippen MR) is 93.2 cm³/mol. The minimum Gasteiger partial charge on any atom is -0.497 e. The number of anilines is 2. The molecule has 1 aliphatic heterocycles. The van der Waals surface area contributed by atoms with E-state index >= 15 is 0 Å². The summed E-state index contributed by atoms with van der Waals surface area (Å²) in [6.07, 6.45) is 1.66. The SMILES string of the molecule is COc1ccc(Nc2ncnc3c2ncn3[C@H]2C[C@H](O)[C@@H](CO)O2)cc1. The molecule has 0 aliphatic carbocycles. The van der Waals surface area contributed by atoms with Crippen molar-refractivity contribution >= 4 is 22.7 Å². The zero-order valence-corrected chi connectivity index (χ0v) is 14.1. The molecule has 4 rings (SSSR count). The lowest BCUT2D eigenvalue weighted by atomic mass is 10.2. The lowest BCUT2D eigenvalue weighted by molar-refractivity contribution is -0.0432. The molecule has 1 fully saturated rings. The quantitative estimate of drug-likeness (QED) is 0.624. The third-order valence-electron chi connectivity index (χ3n) is 4.41. The number of aliphatic hydroxyl groups is 2. The molecule has 0 unspecified atom stereocenters. The van der Waals surface area contributed by atoms with Crippen LogP contribution in [0.15, 0.2) is 36.9 Å². The maximum Gasteiger partial charge on any atom is 0.167 e. The molecule has 1 aliphatic rings.